The van der Waals surface area contributed by atoms with Crippen molar-refractivity contribution in [3.8, 4) is 0 Å². The normalized spacial score (nSPS) is 12.3. The fraction of sp³-hybridized carbons (Fsp3) is 0.600. The van der Waals surface area contributed by atoms with Crippen LogP contribution in [0.25, 0.3) is 0 Å². The maximum Gasteiger partial charge on any atom is 0.333 e. The second-order valence-corrected chi connectivity index (χ2v) is 4.74. The van der Waals surface area contributed by atoms with E-state index in [4.69, 9.17) is 19.7 Å². The molecule has 0 aliphatic carbocycles. The molecule has 0 aromatic carbocycles. The van der Waals surface area contributed by atoms with Crippen LogP contribution in [0.2, 0.25) is 0 Å². The summed E-state index contributed by atoms with van der Waals surface area (Å²) in [5, 5.41) is 16.5. The number of aliphatic hydroxyl groups excluding tert-OH is 2. The van der Waals surface area contributed by atoms with Crippen LogP contribution in [0.5, 0.6) is 0 Å². The minimum absolute atomic E-state index is 0.0186. The molecule has 0 saturated carbocycles. The van der Waals surface area contributed by atoms with E-state index in [1.165, 1.54) is 0 Å². The van der Waals surface area contributed by atoms with Crippen molar-refractivity contribution in [3.05, 3.63) is 24.3 Å². The van der Waals surface area contributed by atoms with Gasteiger partial charge in [-0.3, -0.25) is 0 Å². The van der Waals surface area contributed by atoms with Crippen molar-refractivity contribution >= 4 is 11.9 Å². The van der Waals surface area contributed by atoms with E-state index >= 15 is 0 Å². The third-order valence-electron chi connectivity index (χ3n) is 2.00. The second kappa shape index (κ2) is 12.1. The molecule has 2 atom stereocenters. The third-order valence-corrected chi connectivity index (χ3v) is 2.00. The van der Waals surface area contributed by atoms with Crippen LogP contribution in [0.3, 0.4) is 0 Å². The summed E-state index contributed by atoms with van der Waals surface area (Å²) in [6.45, 7) is 13.3. The number of ether oxygens (including phenoxy) is 2. The zero-order chi connectivity index (χ0) is 17.0. The van der Waals surface area contributed by atoms with E-state index < -0.39 is 18.0 Å². The van der Waals surface area contributed by atoms with Crippen molar-refractivity contribution < 1.29 is 29.3 Å². The lowest BCUT2D eigenvalue weighted by atomic mass is 10.3. The summed E-state index contributed by atoms with van der Waals surface area (Å²) in [6.07, 6.45) is -0.354. The molecular weight excluding hydrogens is 276 g/mol. The van der Waals surface area contributed by atoms with E-state index in [9.17, 15) is 9.59 Å². The molecule has 0 spiro atoms. The monoisotopic (exact) mass is 302 g/mol. The molecule has 2 unspecified atom stereocenters. The highest BCUT2D eigenvalue weighted by Crippen LogP contribution is 2.00. The van der Waals surface area contributed by atoms with Crippen molar-refractivity contribution in [3.63, 3.8) is 0 Å². The molecule has 0 rings (SSSR count). The molecule has 2 N–H and O–H groups in total. The molecular formula is C15H26O6. The van der Waals surface area contributed by atoms with E-state index in [0.29, 0.717) is 17.6 Å². The Morgan fingerprint density at radius 3 is 1.86 bits per heavy atom. The molecule has 0 aromatic heterocycles. The maximum absolute atomic E-state index is 11.1. The van der Waals surface area contributed by atoms with Crippen molar-refractivity contribution in [1.29, 1.82) is 0 Å². The largest absolute Gasteiger partial charge is 0.458 e. The van der Waals surface area contributed by atoms with Gasteiger partial charge in [-0.2, -0.15) is 0 Å². The number of carbonyl (C=O) groups is 2. The fourth-order valence-corrected chi connectivity index (χ4v) is 0.820. The predicted molar refractivity (Wildman–Crippen MR) is 79.5 cm³/mol. The van der Waals surface area contributed by atoms with Crippen LogP contribution in [-0.4, -0.2) is 47.6 Å². The van der Waals surface area contributed by atoms with Crippen LogP contribution in [0, 0.1) is 0 Å². The fourth-order valence-electron chi connectivity index (χ4n) is 0.820. The van der Waals surface area contributed by atoms with Crippen LogP contribution in [0.15, 0.2) is 24.3 Å². The molecule has 122 valence electrons. The Hall–Kier alpha value is -1.66. The average molecular weight is 302 g/mol. The molecule has 6 nitrogen and oxygen atoms in total. The average Bonchev–Trinajstić information content (AvgIpc) is 2.36. The number of rotatable bonds is 7. The Morgan fingerprint density at radius 2 is 1.57 bits per heavy atom. The van der Waals surface area contributed by atoms with E-state index in [-0.39, 0.29) is 19.3 Å². The third kappa shape index (κ3) is 14.6. The molecule has 0 saturated heterocycles. The Balaban J connectivity index is 0. The summed E-state index contributed by atoms with van der Waals surface area (Å²) >= 11 is 0. The first kappa shape index (κ1) is 21.6. The number of esters is 2. The molecule has 0 heterocycles. The lowest BCUT2D eigenvalue weighted by Gasteiger charge is -2.13. The van der Waals surface area contributed by atoms with Crippen molar-refractivity contribution in [1.82, 2.24) is 0 Å². The van der Waals surface area contributed by atoms with Gasteiger partial charge in [0.25, 0.3) is 0 Å². The number of hydrogen-bond acceptors (Lipinski definition) is 6. The van der Waals surface area contributed by atoms with Gasteiger partial charge < -0.3 is 19.7 Å². The smallest absolute Gasteiger partial charge is 0.333 e. The SMILES string of the molecule is C=C(C)C(=O)OCC(C)OC(=O)C(=C)C.CC(O)CCO. The summed E-state index contributed by atoms with van der Waals surface area (Å²) in [5.41, 5.74) is 0.626. The van der Waals surface area contributed by atoms with Gasteiger partial charge in [0.1, 0.15) is 12.7 Å². The first-order valence-electron chi connectivity index (χ1n) is 6.59. The second-order valence-electron chi connectivity index (χ2n) is 4.74. The molecule has 0 aliphatic heterocycles. The predicted octanol–water partition coefficient (Wildman–Crippen LogP) is 1.36. The van der Waals surface area contributed by atoms with Gasteiger partial charge in [-0.25, -0.2) is 9.59 Å². The van der Waals surface area contributed by atoms with Crippen LogP contribution in [0.1, 0.15) is 34.1 Å². The highest BCUT2D eigenvalue weighted by molar-refractivity contribution is 5.87. The highest BCUT2D eigenvalue weighted by atomic mass is 16.6. The molecule has 0 radical (unpaired) electrons. The van der Waals surface area contributed by atoms with Gasteiger partial charge in [-0.15, -0.1) is 0 Å². The first-order valence-corrected chi connectivity index (χ1v) is 6.59. The van der Waals surface area contributed by atoms with Gasteiger partial charge in [-0.05, 0) is 34.1 Å². The zero-order valence-corrected chi connectivity index (χ0v) is 13.2. The van der Waals surface area contributed by atoms with E-state index in [2.05, 4.69) is 13.2 Å². The van der Waals surface area contributed by atoms with E-state index in [1.807, 2.05) is 0 Å². The van der Waals surface area contributed by atoms with Crippen LogP contribution in [-0.2, 0) is 19.1 Å². The molecule has 6 heteroatoms. The first-order chi connectivity index (χ1) is 9.61. The summed E-state index contributed by atoms with van der Waals surface area (Å²) in [4.78, 5) is 22.0. The Bertz CT molecular complexity index is 359. The van der Waals surface area contributed by atoms with E-state index in [1.54, 1.807) is 27.7 Å². The van der Waals surface area contributed by atoms with Gasteiger partial charge in [0.15, 0.2) is 0 Å². The van der Waals surface area contributed by atoms with Crippen LogP contribution >= 0.6 is 0 Å². The Labute approximate surface area is 126 Å². The minimum atomic E-state index is -0.492. The van der Waals surface area contributed by atoms with Crippen LogP contribution < -0.4 is 0 Å². The van der Waals surface area contributed by atoms with Gasteiger partial charge in [0, 0.05) is 17.8 Å². The van der Waals surface area contributed by atoms with Gasteiger partial charge >= 0.3 is 11.9 Å². The lowest BCUT2D eigenvalue weighted by molar-refractivity contribution is -0.152. The van der Waals surface area contributed by atoms with Crippen LogP contribution in [0.4, 0.5) is 0 Å². The van der Waals surface area contributed by atoms with Gasteiger partial charge in [0.05, 0.1) is 6.10 Å². The van der Waals surface area contributed by atoms with E-state index in [0.717, 1.165) is 0 Å². The molecule has 0 amide bonds. The minimum Gasteiger partial charge on any atom is -0.458 e. The Kier molecular flexibility index (Phi) is 12.5. The molecule has 21 heavy (non-hydrogen) atoms. The van der Waals surface area contributed by atoms with Crippen molar-refractivity contribution in [2.75, 3.05) is 13.2 Å². The lowest BCUT2D eigenvalue weighted by Crippen LogP contribution is -2.22. The van der Waals surface area contributed by atoms with Crippen molar-refractivity contribution in [2.24, 2.45) is 0 Å². The molecule has 0 aromatic rings. The highest BCUT2D eigenvalue weighted by Gasteiger charge is 2.12. The number of carbonyl (C=O) groups excluding carboxylic acids is 2. The van der Waals surface area contributed by atoms with Gasteiger partial charge in [0.2, 0.25) is 0 Å². The topological polar surface area (TPSA) is 93.1 Å². The molecule has 0 bridgehead atoms. The van der Waals surface area contributed by atoms with Gasteiger partial charge in [-0.1, -0.05) is 13.2 Å². The number of hydrogen-bond donors (Lipinski definition) is 2. The quantitative estimate of drug-likeness (QED) is 0.545. The standard InChI is InChI=1S/C11H16O4.C4H10O2/c1-7(2)10(12)14-6-9(5)15-11(13)8(3)4;1-4(6)2-3-5/h9H,1,3,6H2,2,4-5H3;4-6H,2-3H2,1H3. The summed E-state index contributed by atoms with van der Waals surface area (Å²) in [7, 11) is 0. The Morgan fingerprint density at radius 1 is 1.10 bits per heavy atom. The summed E-state index contributed by atoms with van der Waals surface area (Å²) in [6, 6.07) is 0. The van der Waals surface area contributed by atoms with Crippen molar-refractivity contribution in [2.45, 2.75) is 46.3 Å². The zero-order valence-electron chi connectivity index (χ0n) is 13.2. The maximum atomic E-state index is 11.1. The summed E-state index contributed by atoms with van der Waals surface area (Å²) < 4.78 is 9.70. The number of aliphatic hydroxyl groups is 2. The summed E-state index contributed by atoms with van der Waals surface area (Å²) in [5.74, 6) is -0.984. The molecule has 0 fully saturated rings. The molecule has 0 aliphatic rings.